The summed E-state index contributed by atoms with van der Waals surface area (Å²) in [4.78, 5) is 28.1. The van der Waals surface area contributed by atoms with E-state index in [2.05, 4.69) is 17.0 Å². The Labute approximate surface area is 178 Å². The number of aromatic nitrogens is 1. The Morgan fingerprint density at radius 2 is 1.73 bits per heavy atom. The SMILES string of the molecule is COC(=O)CCn1c(C)cc(C(=O)C[NH+]2CCN(c3ccc(OC)cc3)CC2)c1C. The highest BCUT2D eigenvalue weighted by Crippen LogP contribution is 2.19. The predicted molar refractivity (Wildman–Crippen MR) is 116 cm³/mol. The summed E-state index contributed by atoms with van der Waals surface area (Å²) < 4.78 is 12.0. The van der Waals surface area contributed by atoms with Crippen LogP contribution in [0.5, 0.6) is 5.75 Å². The quantitative estimate of drug-likeness (QED) is 0.521. The van der Waals surface area contributed by atoms with Gasteiger partial charge in [-0.05, 0) is 44.2 Å². The van der Waals surface area contributed by atoms with E-state index in [0.29, 0.717) is 19.5 Å². The highest BCUT2D eigenvalue weighted by molar-refractivity contribution is 5.98. The average molecular weight is 415 g/mol. The molecule has 1 fully saturated rings. The number of hydrogen-bond donors (Lipinski definition) is 1. The second kappa shape index (κ2) is 9.80. The molecular formula is C23H32N3O4+. The molecule has 0 aliphatic carbocycles. The van der Waals surface area contributed by atoms with Crippen LogP contribution in [0.25, 0.3) is 0 Å². The van der Waals surface area contributed by atoms with Crippen LogP contribution in [0, 0.1) is 13.8 Å². The number of quaternary nitrogens is 1. The molecule has 0 spiro atoms. The van der Waals surface area contributed by atoms with Crippen LogP contribution >= 0.6 is 0 Å². The highest BCUT2D eigenvalue weighted by Gasteiger charge is 2.25. The van der Waals surface area contributed by atoms with Crippen molar-refractivity contribution in [2.24, 2.45) is 0 Å². The first-order valence-electron chi connectivity index (χ1n) is 10.4. The van der Waals surface area contributed by atoms with Crippen molar-refractivity contribution in [2.75, 3.05) is 51.8 Å². The number of benzene rings is 1. The molecule has 1 saturated heterocycles. The van der Waals surface area contributed by atoms with E-state index in [-0.39, 0.29) is 11.8 Å². The maximum Gasteiger partial charge on any atom is 0.307 e. The lowest BCUT2D eigenvalue weighted by atomic mass is 10.1. The Balaban J connectivity index is 1.56. The van der Waals surface area contributed by atoms with Gasteiger partial charge in [-0.3, -0.25) is 9.59 Å². The highest BCUT2D eigenvalue weighted by atomic mass is 16.5. The van der Waals surface area contributed by atoms with Gasteiger partial charge in [0, 0.05) is 29.2 Å². The minimum Gasteiger partial charge on any atom is -0.497 e. The van der Waals surface area contributed by atoms with Crippen molar-refractivity contribution >= 4 is 17.4 Å². The molecule has 1 aromatic carbocycles. The number of nitrogens with one attached hydrogen (secondary N) is 1. The summed E-state index contributed by atoms with van der Waals surface area (Å²) in [5.41, 5.74) is 3.88. The van der Waals surface area contributed by atoms with E-state index in [1.54, 1.807) is 7.11 Å². The fraction of sp³-hybridized carbons (Fsp3) is 0.478. The Kier molecular flexibility index (Phi) is 7.15. The molecule has 0 bridgehead atoms. The van der Waals surface area contributed by atoms with Crippen LogP contribution in [0.3, 0.4) is 0 Å². The number of nitrogens with zero attached hydrogens (tertiary/aromatic N) is 2. The first kappa shape index (κ1) is 21.9. The first-order valence-corrected chi connectivity index (χ1v) is 10.4. The number of methoxy groups -OCH3 is 2. The maximum absolute atomic E-state index is 13.0. The van der Waals surface area contributed by atoms with Crippen LogP contribution < -0.4 is 14.5 Å². The largest absolute Gasteiger partial charge is 0.497 e. The van der Waals surface area contributed by atoms with Gasteiger partial charge in [0.1, 0.15) is 12.3 Å². The summed E-state index contributed by atoms with van der Waals surface area (Å²) in [5.74, 6) is 0.785. The number of rotatable bonds is 8. The molecule has 7 heteroatoms. The molecule has 7 nitrogen and oxygen atoms in total. The number of esters is 1. The Morgan fingerprint density at radius 3 is 2.33 bits per heavy atom. The predicted octanol–water partition coefficient (Wildman–Crippen LogP) is 1.26. The van der Waals surface area contributed by atoms with E-state index < -0.39 is 0 Å². The minimum absolute atomic E-state index is 0.167. The first-order chi connectivity index (χ1) is 14.4. The third-order valence-electron chi connectivity index (χ3n) is 5.96. The van der Waals surface area contributed by atoms with Gasteiger partial charge in [-0.2, -0.15) is 0 Å². The van der Waals surface area contributed by atoms with Gasteiger partial charge in [-0.15, -0.1) is 0 Å². The molecule has 0 unspecified atom stereocenters. The van der Waals surface area contributed by atoms with Gasteiger partial charge in [0.05, 0.1) is 46.8 Å². The molecule has 0 radical (unpaired) electrons. The van der Waals surface area contributed by atoms with E-state index >= 15 is 0 Å². The van der Waals surface area contributed by atoms with Crippen molar-refractivity contribution in [3.8, 4) is 5.75 Å². The number of piperazine rings is 1. The van der Waals surface area contributed by atoms with Gasteiger partial charge >= 0.3 is 5.97 Å². The molecule has 30 heavy (non-hydrogen) atoms. The average Bonchev–Trinajstić information content (AvgIpc) is 3.06. The van der Waals surface area contributed by atoms with Gasteiger partial charge < -0.3 is 23.8 Å². The number of Topliss-reactive ketones (excluding diaryl/α,β-unsaturated/α-hetero) is 1. The monoisotopic (exact) mass is 414 g/mol. The van der Waals surface area contributed by atoms with Crippen molar-refractivity contribution in [3.05, 3.63) is 47.3 Å². The zero-order chi connectivity index (χ0) is 21.7. The van der Waals surface area contributed by atoms with Crippen molar-refractivity contribution < 1.29 is 24.0 Å². The van der Waals surface area contributed by atoms with Gasteiger partial charge in [0.25, 0.3) is 0 Å². The zero-order valence-corrected chi connectivity index (χ0v) is 18.4. The van der Waals surface area contributed by atoms with Crippen LogP contribution in [-0.4, -0.2) is 63.3 Å². The Bertz CT molecular complexity index is 881. The van der Waals surface area contributed by atoms with E-state index in [9.17, 15) is 9.59 Å². The molecule has 0 amide bonds. The van der Waals surface area contributed by atoms with E-state index in [1.807, 2.05) is 36.6 Å². The number of ether oxygens (including phenoxy) is 2. The van der Waals surface area contributed by atoms with Gasteiger partial charge in [0.15, 0.2) is 0 Å². The molecule has 162 valence electrons. The van der Waals surface area contributed by atoms with Crippen molar-refractivity contribution in [3.63, 3.8) is 0 Å². The third-order valence-corrected chi connectivity index (χ3v) is 5.96. The number of ketones is 1. The number of anilines is 1. The van der Waals surface area contributed by atoms with E-state index in [1.165, 1.54) is 17.7 Å². The van der Waals surface area contributed by atoms with Crippen LogP contribution in [0.1, 0.15) is 28.2 Å². The standard InChI is InChI=1S/C23H31N3O4/c1-17-15-21(18(2)26(17)10-9-23(28)30-4)22(27)16-24-11-13-25(14-12-24)19-5-7-20(29-3)8-6-19/h5-8,15H,9-14,16H2,1-4H3/p+1. The van der Waals surface area contributed by atoms with E-state index in [0.717, 1.165) is 48.9 Å². The topological polar surface area (TPSA) is 65.2 Å². The second-order valence-corrected chi connectivity index (χ2v) is 7.80. The van der Waals surface area contributed by atoms with Crippen LogP contribution in [0.4, 0.5) is 5.69 Å². The molecule has 1 aliphatic heterocycles. The molecule has 1 aliphatic rings. The maximum atomic E-state index is 13.0. The number of carbonyl (C=O) groups is 2. The lowest BCUT2D eigenvalue weighted by molar-refractivity contribution is -0.892. The molecule has 3 rings (SSSR count). The summed E-state index contributed by atoms with van der Waals surface area (Å²) in [5, 5.41) is 0. The number of carbonyl (C=O) groups excluding carboxylic acids is 2. The Morgan fingerprint density at radius 1 is 1.07 bits per heavy atom. The molecule has 2 aromatic rings. The lowest BCUT2D eigenvalue weighted by Crippen LogP contribution is -3.15. The normalized spacial score (nSPS) is 14.6. The van der Waals surface area contributed by atoms with Crippen LogP contribution in [-0.2, 0) is 16.1 Å². The van der Waals surface area contributed by atoms with Crippen LogP contribution in [0.15, 0.2) is 30.3 Å². The Hall–Kier alpha value is -2.80. The number of aryl methyl sites for hydroxylation is 1. The van der Waals surface area contributed by atoms with Crippen molar-refractivity contribution in [1.82, 2.24) is 4.57 Å². The molecule has 0 saturated carbocycles. The fourth-order valence-electron chi connectivity index (χ4n) is 4.11. The molecule has 1 N–H and O–H groups in total. The lowest BCUT2D eigenvalue weighted by Gasteiger charge is -2.33. The second-order valence-electron chi connectivity index (χ2n) is 7.80. The summed E-state index contributed by atoms with van der Waals surface area (Å²) in [6, 6.07) is 10.1. The zero-order valence-electron chi connectivity index (χ0n) is 18.4. The third kappa shape index (κ3) is 5.02. The summed E-state index contributed by atoms with van der Waals surface area (Å²) >= 11 is 0. The van der Waals surface area contributed by atoms with Gasteiger partial charge in [-0.1, -0.05) is 0 Å². The summed E-state index contributed by atoms with van der Waals surface area (Å²) in [7, 11) is 3.06. The fourth-order valence-corrected chi connectivity index (χ4v) is 4.11. The summed E-state index contributed by atoms with van der Waals surface area (Å²) in [6.45, 7) is 8.66. The molecular weight excluding hydrogens is 382 g/mol. The van der Waals surface area contributed by atoms with Crippen molar-refractivity contribution in [2.45, 2.75) is 26.8 Å². The molecule has 0 atom stereocenters. The van der Waals surface area contributed by atoms with Crippen LogP contribution in [0.2, 0.25) is 0 Å². The van der Waals surface area contributed by atoms with Gasteiger partial charge in [0.2, 0.25) is 5.78 Å². The molecule has 2 heterocycles. The summed E-state index contributed by atoms with van der Waals surface area (Å²) in [6.07, 6.45) is 0.305. The smallest absolute Gasteiger partial charge is 0.307 e. The van der Waals surface area contributed by atoms with Gasteiger partial charge in [-0.25, -0.2) is 0 Å². The molecule has 1 aromatic heterocycles. The van der Waals surface area contributed by atoms with Crippen molar-refractivity contribution in [1.29, 1.82) is 0 Å². The number of hydrogen-bond acceptors (Lipinski definition) is 5. The van der Waals surface area contributed by atoms with E-state index in [4.69, 9.17) is 9.47 Å². The minimum atomic E-state index is -0.241.